The van der Waals surface area contributed by atoms with E-state index in [0.717, 1.165) is 11.1 Å². The van der Waals surface area contributed by atoms with Gasteiger partial charge in [-0.25, -0.2) is 0 Å². The largest absolute Gasteiger partial charge is 0.382 e. The summed E-state index contributed by atoms with van der Waals surface area (Å²) < 4.78 is 0. The van der Waals surface area contributed by atoms with Gasteiger partial charge in [-0.1, -0.05) is 45.0 Å². The molecule has 0 bridgehead atoms. The molecule has 0 aliphatic rings. The zero-order valence-corrected chi connectivity index (χ0v) is 10.9. The van der Waals surface area contributed by atoms with Crippen LogP contribution in [-0.4, -0.2) is 10.2 Å². The Balaban J connectivity index is 2.43. The quantitative estimate of drug-likeness (QED) is 0.805. The van der Waals surface area contributed by atoms with Crippen LogP contribution in [0.4, 0.5) is 11.6 Å². The predicted octanol–water partition coefficient (Wildman–Crippen LogP) is 2.61. The molecule has 94 valence electrons. The van der Waals surface area contributed by atoms with Crippen LogP contribution >= 0.6 is 0 Å². The molecule has 0 amide bonds. The summed E-state index contributed by atoms with van der Waals surface area (Å²) in [6, 6.07) is 10.0. The number of nitrogens with zero attached hydrogens (tertiary/aromatic N) is 2. The highest BCUT2D eigenvalue weighted by atomic mass is 15.2. The number of hydrogen-bond donors (Lipinski definition) is 2. The van der Waals surface area contributed by atoms with Crippen molar-refractivity contribution in [2.24, 2.45) is 0 Å². The third-order valence-electron chi connectivity index (χ3n) is 2.90. The molecule has 0 atom stereocenters. The molecule has 1 aromatic carbocycles. The lowest BCUT2D eigenvalue weighted by molar-refractivity contribution is 0.590. The number of nitrogen functional groups attached to an aromatic ring is 2. The van der Waals surface area contributed by atoms with Crippen molar-refractivity contribution in [3.05, 3.63) is 35.9 Å². The molecule has 0 radical (unpaired) electrons. The predicted molar refractivity (Wildman–Crippen MR) is 75.0 cm³/mol. The summed E-state index contributed by atoms with van der Waals surface area (Å²) in [5.74, 6) is 0.770. The van der Waals surface area contributed by atoms with E-state index in [9.17, 15) is 0 Å². The molecule has 2 aromatic rings. The van der Waals surface area contributed by atoms with Crippen molar-refractivity contribution in [2.45, 2.75) is 26.2 Å². The highest BCUT2D eigenvalue weighted by Crippen LogP contribution is 2.28. The fourth-order valence-corrected chi connectivity index (χ4v) is 1.80. The van der Waals surface area contributed by atoms with Crippen LogP contribution in [0.3, 0.4) is 0 Å². The zero-order valence-electron chi connectivity index (χ0n) is 10.9. The van der Waals surface area contributed by atoms with Crippen LogP contribution in [0.25, 0.3) is 11.1 Å². The summed E-state index contributed by atoms with van der Waals surface area (Å²) in [7, 11) is 0. The van der Waals surface area contributed by atoms with Crippen LogP contribution in [0.15, 0.2) is 30.3 Å². The lowest BCUT2D eigenvalue weighted by atomic mass is 9.86. The van der Waals surface area contributed by atoms with Gasteiger partial charge in [-0.05, 0) is 22.6 Å². The maximum atomic E-state index is 5.82. The Bertz CT molecular complexity index is 553. The summed E-state index contributed by atoms with van der Waals surface area (Å²) in [4.78, 5) is 0. The molecule has 4 heteroatoms. The highest BCUT2D eigenvalue weighted by molar-refractivity contribution is 5.75. The average Bonchev–Trinajstić information content (AvgIpc) is 2.31. The fraction of sp³-hybridized carbons (Fsp3) is 0.286. The molecular weight excluding hydrogens is 224 g/mol. The third-order valence-corrected chi connectivity index (χ3v) is 2.90. The molecule has 0 saturated heterocycles. The maximum absolute atomic E-state index is 5.82. The Morgan fingerprint density at radius 1 is 0.944 bits per heavy atom. The maximum Gasteiger partial charge on any atom is 0.154 e. The van der Waals surface area contributed by atoms with Gasteiger partial charge >= 0.3 is 0 Å². The molecule has 2 rings (SSSR count). The molecule has 4 nitrogen and oxygen atoms in total. The standard InChI is InChI=1S/C14H18N4/c1-14(2,3)10-6-4-9(5-7-10)11-8-12(15)17-18-13(11)16/h4-8H,1-3H3,(H2,15,17)(H2,16,18). The van der Waals surface area contributed by atoms with Crippen molar-refractivity contribution in [3.63, 3.8) is 0 Å². The highest BCUT2D eigenvalue weighted by Gasteiger charge is 2.13. The van der Waals surface area contributed by atoms with E-state index < -0.39 is 0 Å². The molecule has 0 unspecified atom stereocenters. The van der Waals surface area contributed by atoms with E-state index >= 15 is 0 Å². The molecule has 0 saturated carbocycles. The number of benzene rings is 1. The van der Waals surface area contributed by atoms with Crippen molar-refractivity contribution < 1.29 is 0 Å². The van der Waals surface area contributed by atoms with Crippen molar-refractivity contribution in [1.29, 1.82) is 0 Å². The smallest absolute Gasteiger partial charge is 0.154 e. The Hall–Kier alpha value is -2.10. The van der Waals surface area contributed by atoms with Crippen LogP contribution in [0.5, 0.6) is 0 Å². The number of aromatic nitrogens is 2. The van der Waals surface area contributed by atoms with Crippen molar-refractivity contribution in [2.75, 3.05) is 11.5 Å². The summed E-state index contributed by atoms with van der Waals surface area (Å²) >= 11 is 0. The normalized spacial score (nSPS) is 11.5. The lowest BCUT2D eigenvalue weighted by Crippen LogP contribution is -2.10. The third kappa shape index (κ3) is 2.42. The Labute approximate surface area is 107 Å². The molecular formula is C14H18N4. The summed E-state index contributed by atoms with van der Waals surface area (Å²) in [5.41, 5.74) is 14.7. The van der Waals surface area contributed by atoms with Crippen LogP contribution in [-0.2, 0) is 5.41 Å². The van der Waals surface area contributed by atoms with Crippen LogP contribution < -0.4 is 11.5 Å². The number of nitrogens with two attached hydrogens (primary N) is 2. The van der Waals surface area contributed by atoms with Crippen LogP contribution in [0.2, 0.25) is 0 Å². The fourth-order valence-electron chi connectivity index (χ4n) is 1.80. The van der Waals surface area contributed by atoms with E-state index in [2.05, 4.69) is 43.1 Å². The van der Waals surface area contributed by atoms with Gasteiger partial charge in [0.05, 0.1) is 0 Å². The Morgan fingerprint density at radius 2 is 1.56 bits per heavy atom. The first-order valence-corrected chi connectivity index (χ1v) is 5.87. The molecule has 0 aliphatic heterocycles. The first kappa shape index (κ1) is 12.4. The van der Waals surface area contributed by atoms with Gasteiger partial charge in [0.2, 0.25) is 0 Å². The van der Waals surface area contributed by atoms with E-state index in [-0.39, 0.29) is 5.41 Å². The van der Waals surface area contributed by atoms with E-state index in [4.69, 9.17) is 11.5 Å². The van der Waals surface area contributed by atoms with E-state index in [1.807, 2.05) is 12.1 Å². The van der Waals surface area contributed by atoms with Gasteiger partial charge < -0.3 is 11.5 Å². The minimum atomic E-state index is 0.138. The van der Waals surface area contributed by atoms with Gasteiger partial charge in [-0.15, -0.1) is 10.2 Å². The summed E-state index contributed by atoms with van der Waals surface area (Å²) in [6.07, 6.45) is 0. The van der Waals surface area contributed by atoms with Crippen molar-refractivity contribution in [1.82, 2.24) is 10.2 Å². The van der Waals surface area contributed by atoms with Gasteiger partial charge in [0, 0.05) is 5.56 Å². The second kappa shape index (κ2) is 4.29. The average molecular weight is 242 g/mol. The van der Waals surface area contributed by atoms with Crippen LogP contribution in [0, 0.1) is 0 Å². The minimum absolute atomic E-state index is 0.138. The molecule has 1 heterocycles. The first-order chi connectivity index (χ1) is 8.38. The SMILES string of the molecule is CC(C)(C)c1ccc(-c2cc(N)nnc2N)cc1. The minimum Gasteiger partial charge on any atom is -0.382 e. The molecule has 0 spiro atoms. The summed E-state index contributed by atoms with van der Waals surface area (Å²) in [5, 5.41) is 7.55. The zero-order chi connectivity index (χ0) is 13.3. The van der Waals surface area contributed by atoms with E-state index in [0.29, 0.717) is 11.6 Å². The molecule has 0 fully saturated rings. The molecule has 1 aromatic heterocycles. The van der Waals surface area contributed by atoms with Gasteiger partial charge in [-0.2, -0.15) is 0 Å². The summed E-state index contributed by atoms with van der Waals surface area (Å²) in [6.45, 7) is 6.55. The van der Waals surface area contributed by atoms with E-state index in [1.165, 1.54) is 5.56 Å². The Kier molecular flexibility index (Phi) is 2.95. The topological polar surface area (TPSA) is 77.8 Å². The van der Waals surface area contributed by atoms with Gasteiger partial charge in [0.1, 0.15) is 5.82 Å². The first-order valence-electron chi connectivity index (χ1n) is 5.87. The molecule has 18 heavy (non-hydrogen) atoms. The van der Waals surface area contributed by atoms with Gasteiger partial charge in [0.15, 0.2) is 5.82 Å². The number of anilines is 2. The van der Waals surface area contributed by atoms with E-state index in [1.54, 1.807) is 6.07 Å². The number of rotatable bonds is 1. The molecule has 4 N–H and O–H groups in total. The lowest BCUT2D eigenvalue weighted by Gasteiger charge is -2.19. The van der Waals surface area contributed by atoms with Gasteiger partial charge in [0.25, 0.3) is 0 Å². The second-order valence-corrected chi connectivity index (χ2v) is 5.40. The van der Waals surface area contributed by atoms with Crippen molar-refractivity contribution in [3.8, 4) is 11.1 Å². The molecule has 0 aliphatic carbocycles. The Morgan fingerprint density at radius 3 is 2.11 bits per heavy atom. The van der Waals surface area contributed by atoms with Crippen molar-refractivity contribution >= 4 is 11.6 Å². The monoisotopic (exact) mass is 242 g/mol. The number of hydrogen-bond acceptors (Lipinski definition) is 4. The van der Waals surface area contributed by atoms with Gasteiger partial charge in [-0.3, -0.25) is 0 Å². The van der Waals surface area contributed by atoms with Crippen LogP contribution in [0.1, 0.15) is 26.3 Å². The second-order valence-electron chi connectivity index (χ2n) is 5.40.